The molecular weight excluding hydrogens is 269 g/mol. The Morgan fingerprint density at radius 1 is 1.22 bits per heavy atom. The van der Waals surface area contributed by atoms with Crippen molar-refractivity contribution >= 4 is 34.7 Å². The normalized spacial score (nSPS) is 9.89. The van der Waals surface area contributed by atoms with Crippen LogP contribution in [0.4, 0.5) is 11.5 Å². The number of nitrogens with one attached hydrogen (secondary N) is 1. The summed E-state index contributed by atoms with van der Waals surface area (Å²) >= 11 is 12.3. The lowest BCUT2D eigenvalue weighted by atomic mass is 10.2. The highest BCUT2D eigenvalue weighted by Gasteiger charge is 2.09. The van der Waals surface area contributed by atoms with Crippen molar-refractivity contribution in [3.05, 3.63) is 51.6 Å². The van der Waals surface area contributed by atoms with Gasteiger partial charge in [-0.3, -0.25) is 0 Å². The Bertz CT molecular complexity index is 633. The van der Waals surface area contributed by atoms with Crippen molar-refractivity contribution in [1.29, 1.82) is 5.26 Å². The summed E-state index contributed by atoms with van der Waals surface area (Å²) in [7, 11) is 0. The summed E-state index contributed by atoms with van der Waals surface area (Å²) in [5.74, 6) is 0.531. The topological polar surface area (TPSA) is 48.7 Å². The average molecular weight is 278 g/mol. The van der Waals surface area contributed by atoms with E-state index in [9.17, 15) is 0 Å². The zero-order chi connectivity index (χ0) is 13.1. The lowest BCUT2D eigenvalue weighted by molar-refractivity contribution is 1.25. The highest BCUT2D eigenvalue weighted by molar-refractivity contribution is 6.39. The number of halogens is 2. The lowest BCUT2D eigenvalue weighted by Gasteiger charge is -2.11. The van der Waals surface area contributed by atoms with E-state index < -0.39 is 0 Å². The summed E-state index contributed by atoms with van der Waals surface area (Å²) in [6, 6.07) is 10.7. The minimum Gasteiger partial charge on any atom is -0.338 e. The standard InChI is InChI=1S/C13H9Cl2N3/c1-8-5-6-10(14)13(12(8)15)18-11-4-2-3-9(7-16)17-11/h2-6H,1H3,(H,17,18). The number of aromatic nitrogens is 1. The molecule has 5 heteroatoms. The Kier molecular flexibility index (Phi) is 3.71. The van der Waals surface area contributed by atoms with Gasteiger partial charge in [0.25, 0.3) is 0 Å². The number of pyridine rings is 1. The maximum Gasteiger partial charge on any atom is 0.142 e. The number of benzene rings is 1. The van der Waals surface area contributed by atoms with Crippen molar-refractivity contribution in [2.75, 3.05) is 5.32 Å². The smallest absolute Gasteiger partial charge is 0.142 e. The molecule has 0 aliphatic rings. The second-order valence-corrected chi connectivity index (χ2v) is 4.48. The van der Waals surface area contributed by atoms with Gasteiger partial charge in [0.2, 0.25) is 0 Å². The van der Waals surface area contributed by atoms with E-state index in [0.29, 0.717) is 27.2 Å². The first-order valence-corrected chi connectivity index (χ1v) is 5.96. The maximum atomic E-state index is 8.79. The first-order chi connectivity index (χ1) is 8.61. The van der Waals surface area contributed by atoms with Crippen LogP contribution in [0, 0.1) is 18.3 Å². The molecular formula is C13H9Cl2N3. The molecule has 0 saturated carbocycles. The van der Waals surface area contributed by atoms with E-state index in [4.69, 9.17) is 28.5 Å². The minimum absolute atomic E-state index is 0.333. The van der Waals surface area contributed by atoms with Crippen LogP contribution in [0.5, 0.6) is 0 Å². The highest BCUT2D eigenvalue weighted by atomic mass is 35.5. The second kappa shape index (κ2) is 5.26. The molecule has 0 unspecified atom stereocenters. The highest BCUT2D eigenvalue weighted by Crippen LogP contribution is 2.34. The summed E-state index contributed by atoms with van der Waals surface area (Å²) in [6.07, 6.45) is 0. The molecule has 0 spiro atoms. The number of hydrogen-bond acceptors (Lipinski definition) is 3. The number of nitriles is 1. The van der Waals surface area contributed by atoms with E-state index in [1.165, 1.54) is 0 Å². The largest absolute Gasteiger partial charge is 0.338 e. The molecule has 18 heavy (non-hydrogen) atoms. The molecule has 1 aromatic heterocycles. The molecule has 1 heterocycles. The van der Waals surface area contributed by atoms with Crippen molar-refractivity contribution in [2.24, 2.45) is 0 Å². The van der Waals surface area contributed by atoms with E-state index >= 15 is 0 Å². The molecule has 90 valence electrons. The molecule has 1 N–H and O–H groups in total. The van der Waals surface area contributed by atoms with Crippen LogP contribution in [0.3, 0.4) is 0 Å². The van der Waals surface area contributed by atoms with E-state index in [2.05, 4.69) is 10.3 Å². The molecule has 1 aromatic carbocycles. The third kappa shape index (κ3) is 2.56. The summed E-state index contributed by atoms with van der Waals surface area (Å²) < 4.78 is 0. The predicted octanol–water partition coefficient (Wildman–Crippen LogP) is 4.31. The summed E-state index contributed by atoms with van der Waals surface area (Å²) in [4.78, 5) is 4.11. The van der Waals surface area contributed by atoms with Crippen LogP contribution in [-0.4, -0.2) is 4.98 Å². The van der Waals surface area contributed by atoms with Crippen molar-refractivity contribution in [3.8, 4) is 6.07 Å². The van der Waals surface area contributed by atoms with Crippen LogP contribution in [0.1, 0.15) is 11.3 Å². The van der Waals surface area contributed by atoms with Gasteiger partial charge in [-0.1, -0.05) is 35.3 Å². The van der Waals surface area contributed by atoms with Gasteiger partial charge in [-0.2, -0.15) is 5.26 Å². The zero-order valence-corrected chi connectivity index (χ0v) is 11.0. The van der Waals surface area contributed by atoms with E-state index in [0.717, 1.165) is 5.56 Å². The fourth-order valence-corrected chi connectivity index (χ4v) is 1.93. The van der Waals surface area contributed by atoms with Crippen LogP contribution in [0.15, 0.2) is 30.3 Å². The lowest BCUT2D eigenvalue weighted by Crippen LogP contribution is -1.97. The van der Waals surface area contributed by atoms with Gasteiger partial charge in [0.15, 0.2) is 0 Å². The SMILES string of the molecule is Cc1ccc(Cl)c(Nc2cccc(C#N)n2)c1Cl. The molecule has 0 atom stereocenters. The van der Waals surface area contributed by atoms with E-state index in [1.807, 2.05) is 19.1 Å². The third-order valence-electron chi connectivity index (χ3n) is 2.40. The number of rotatable bonds is 2. The number of nitrogens with zero attached hydrogens (tertiary/aromatic N) is 2. The molecule has 0 aliphatic carbocycles. The number of hydrogen-bond donors (Lipinski definition) is 1. The van der Waals surface area contributed by atoms with Gasteiger partial charge in [-0.25, -0.2) is 4.98 Å². The first kappa shape index (κ1) is 12.7. The predicted molar refractivity (Wildman–Crippen MR) is 73.4 cm³/mol. The molecule has 3 nitrogen and oxygen atoms in total. The zero-order valence-electron chi connectivity index (χ0n) is 9.54. The van der Waals surface area contributed by atoms with Crippen molar-refractivity contribution in [1.82, 2.24) is 4.98 Å². The number of aryl methyl sites for hydroxylation is 1. The maximum absolute atomic E-state index is 8.79. The number of anilines is 2. The fraction of sp³-hybridized carbons (Fsp3) is 0.0769. The molecule has 0 radical (unpaired) electrons. The van der Waals surface area contributed by atoms with Crippen LogP contribution < -0.4 is 5.32 Å². The van der Waals surface area contributed by atoms with Gasteiger partial charge in [0.1, 0.15) is 17.6 Å². The van der Waals surface area contributed by atoms with Gasteiger partial charge in [-0.05, 0) is 30.7 Å². The average Bonchev–Trinajstić information content (AvgIpc) is 2.39. The first-order valence-electron chi connectivity index (χ1n) is 5.20. The quantitative estimate of drug-likeness (QED) is 0.890. The van der Waals surface area contributed by atoms with Crippen LogP contribution in [0.25, 0.3) is 0 Å². The molecule has 0 fully saturated rings. The molecule has 0 bridgehead atoms. The van der Waals surface area contributed by atoms with Crippen LogP contribution >= 0.6 is 23.2 Å². The van der Waals surface area contributed by atoms with E-state index in [-0.39, 0.29) is 0 Å². The Morgan fingerprint density at radius 2 is 2.00 bits per heavy atom. The van der Waals surface area contributed by atoms with Gasteiger partial charge >= 0.3 is 0 Å². The Balaban J connectivity index is 2.40. The fourth-order valence-electron chi connectivity index (χ4n) is 1.47. The molecule has 0 saturated heterocycles. The third-order valence-corrected chi connectivity index (χ3v) is 3.20. The second-order valence-electron chi connectivity index (χ2n) is 3.70. The molecule has 0 aliphatic heterocycles. The Hall–Kier alpha value is -1.76. The summed E-state index contributed by atoms with van der Waals surface area (Å²) in [5.41, 5.74) is 1.85. The van der Waals surface area contributed by atoms with E-state index in [1.54, 1.807) is 24.3 Å². The van der Waals surface area contributed by atoms with Crippen molar-refractivity contribution in [3.63, 3.8) is 0 Å². The molecule has 2 aromatic rings. The monoisotopic (exact) mass is 277 g/mol. The van der Waals surface area contributed by atoms with Gasteiger partial charge in [0.05, 0.1) is 15.7 Å². The van der Waals surface area contributed by atoms with Crippen molar-refractivity contribution < 1.29 is 0 Å². The van der Waals surface area contributed by atoms with Crippen molar-refractivity contribution in [2.45, 2.75) is 6.92 Å². The molecule has 0 amide bonds. The van der Waals surface area contributed by atoms with Gasteiger partial charge < -0.3 is 5.32 Å². The van der Waals surface area contributed by atoms with Crippen LogP contribution in [-0.2, 0) is 0 Å². The minimum atomic E-state index is 0.333. The van der Waals surface area contributed by atoms with Crippen LogP contribution in [0.2, 0.25) is 10.0 Å². The summed E-state index contributed by atoms with van der Waals surface area (Å²) in [5, 5.41) is 12.9. The Labute approximate surface area is 115 Å². The van der Waals surface area contributed by atoms with Gasteiger partial charge in [-0.15, -0.1) is 0 Å². The summed E-state index contributed by atoms with van der Waals surface area (Å²) in [6.45, 7) is 1.89. The molecule has 2 rings (SSSR count). The van der Waals surface area contributed by atoms with Gasteiger partial charge in [0, 0.05) is 0 Å². The Morgan fingerprint density at radius 3 is 2.72 bits per heavy atom.